The van der Waals surface area contributed by atoms with Crippen molar-refractivity contribution in [1.82, 2.24) is 0 Å². The Labute approximate surface area is 117 Å². The van der Waals surface area contributed by atoms with Crippen molar-refractivity contribution in [3.8, 4) is 5.75 Å². The molecule has 0 radical (unpaired) electrons. The summed E-state index contributed by atoms with van der Waals surface area (Å²) in [5, 5.41) is 0.817. The van der Waals surface area contributed by atoms with Gasteiger partial charge in [-0.15, -0.1) is 0 Å². The van der Waals surface area contributed by atoms with Gasteiger partial charge in [-0.2, -0.15) is 0 Å². The van der Waals surface area contributed by atoms with Crippen LogP contribution in [0.15, 0.2) is 28.9 Å². The largest absolute Gasteiger partial charge is 0.490 e. The monoisotopic (exact) mass is 278 g/mol. The van der Waals surface area contributed by atoms with Crippen molar-refractivity contribution in [3.05, 3.63) is 30.0 Å². The topological polar surface area (TPSA) is 57.9 Å². The van der Waals surface area contributed by atoms with Crippen LogP contribution in [0.4, 0.5) is 0 Å². The first-order chi connectivity index (χ1) is 9.76. The van der Waals surface area contributed by atoms with E-state index in [1.54, 1.807) is 38.5 Å². The smallest absolute Gasteiger partial charge is 0.338 e. The minimum Gasteiger partial charge on any atom is -0.490 e. The van der Waals surface area contributed by atoms with Crippen LogP contribution in [0.5, 0.6) is 5.75 Å². The standard InChI is InChI=1S/C15H18O5/c1-3-18-15(16)12-9-11-5-8-20-14(11)13(10-12)19-7-4-6-17-2/h5,8-10H,3-4,6-7H2,1-2H3. The fraction of sp³-hybridized carbons (Fsp3) is 0.400. The second-order valence-corrected chi connectivity index (χ2v) is 4.23. The predicted molar refractivity (Wildman–Crippen MR) is 74.2 cm³/mol. The van der Waals surface area contributed by atoms with Crippen LogP contribution < -0.4 is 4.74 Å². The molecule has 0 aliphatic rings. The first-order valence-electron chi connectivity index (χ1n) is 6.56. The second-order valence-electron chi connectivity index (χ2n) is 4.23. The number of furan rings is 1. The lowest BCUT2D eigenvalue weighted by Gasteiger charge is -2.08. The van der Waals surface area contributed by atoms with Gasteiger partial charge in [-0.25, -0.2) is 4.79 Å². The molecular weight excluding hydrogens is 260 g/mol. The molecule has 0 atom stereocenters. The van der Waals surface area contributed by atoms with E-state index in [0.717, 1.165) is 11.8 Å². The van der Waals surface area contributed by atoms with E-state index in [4.69, 9.17) is 18.6 Å². The van der Waals surface area contributed by atoms with Crippen LogP contribution in [-0.2, 0) is 9.47 Å². The van der Waals surface area contributed by atoms with Crippen molar-refractivity contribution in [1.29, 1.82) is 0 Å². The van der Waals surface area contributed by atoms with Crippen molar-refractivity contribution in [2.75, 3.05) is 26.9 Å². The third-order valence-electron chi connectivity index (χ3n) is 2.78. The van der Waals surface area contributed by atoms with Gasteiger partial charge in [0.25, 0.3) is 0 Å². The molecule has 0 amide bonds. The Bertz CT molecular complexity index is 573. The summed E-state index contributed by atoms with van der Waals surface area (Å²) in [7, 11) is 1.64. The van der Waals surface area contributed by atoms with Crippen LogP contribution in [0.3, 0.4) is 0 Å². The molecule has 0 unspecified atom stereocenters. The summed E-state index contributed by atoms with van der Waals surface area (Å²) >= 11 is 0. The lowest BCUT2D eigenvalue weighted by molar-refractivity contribution is 0.0526. The van der Waals surface area contributed by atoms with Crippen molar-refractivity contribution in [2.45, 2.75) is 13.3 Å². The van der Waals surface area contributed by atoms with Crippen LogP contribution in [0.25, 0.3) is 11.0 Å². The fourth-order valence-electron chi connectivity index (χ4n) is 1.87. The van der Waals surface area contributed by atoms with Crippen molar-refractivity contribution in [2.24, 2.45) is 0 Å². The summed E-state index contributed by atoms with van der Waals surface area (Å²) in [6, 6.07) is 5.18. The van der Waals surface area contributed by atoms with Gasteiger partial charge in [-0.1, -0.05) is 0 Å². The normalized spacial score (nSPS) is 10.7. The Balaban J connectivity index is 2.21. The molecular formula is C15H18O5. The molecule has 0 spiro atoms. The van der Waals surface area contributed by atoms with Gasteiger partial charge in [0, 0.05) is 25.5 Å². The minimum absolute atomic E-state index is 0.340. The lowest BCUT2D eigenvalue weighted by atomic mass is 10.1. The number of methoxy groups -OCH3 is 1. The summed E-state index contributed by atoms with van der Waals surface area (Å²) in [5.41, 5.74) is 1.10. The van der Waals surface area contributed by atoms with E-state index in [2.05, 4.69) is 0 Å². The summed E-state index contributed by atoms with van der Waals surface area (Å²) in [5.74, 6) is 0.184. The zero-order chi connectivity index (χ0) is 14.4. The van der Waals surface area contributed by atoms with E-state index in [0.29, 0.717) is 36.7 Å². The van der Waals surface area contributed by atoms with Gasteiger partial charge in [0.2, 0.25) is 0 Å². The molecule has 0 N–H and O–H groups in total. The fourth-order valence-corrected chi connectivity index (χ4v) is 1.87. The highest BCUT2D eigenvalue weighted by molar-refractivity contribution is 5.96. The Morgan fingerprint density at radius 3 is 2.90 bits per heavy atom. The van der Waals surface area contributed by atoms with E-state index < -0.39 is 0 Å². The number of benzene rings is 1. The van der Waals surface area contributed by atoms with Gasteiger partial charge < -0.3 is 18.6 Å². The lowest BCUT2D eigenvalue weighted by Crippen LogP contribution is -2.06. The number of rotatable bonds is 7. The van der Waals surface area contributed by atoms with Gasteiger partial charge in [0.1, 0.15) is 0 Å². The molecule has 1 aromatic carbocycles. The van der Waals surface area contributed by atoms with Gasteiger partial charge in [0.05, 0.1) is 25.0 Å². The molecule has 5 nitrogen and oxygen atoms in total. The average Bonchev–Trinajstić information content (AvgIpc) is 2.92. The van der Waals surface area contributed by atoms with Crippen molar-refractivity contribution in [3.63, 3.8) is 0 Å². The van der Waals surface area contributed by atoms with Crippen LogP contribution >= 0.6 is 0 Å². The summed E-state index contributed by atoms with van der Waals surface area (Å²) in [6.07, 6.45) is 2.34. The first-order valence-corrected chi connectivity index (χ1v) is 6.56. The number of fused-ring (bicyclic) bond motifs is 1. The summed E-state index contributed by atoms with van der Waals surface area (Å²) < 4.78 is 21.0. The molecule has 0 bridgehead atoms. The number of hydrogen-bond donors (Lipinski definition) is 0. The highest BCUT2D eigenvalue weighted by atomic mass is 16.5. The molecule has 20 heavy (non-hydrogen) atoms. The predicted octanol–water partition coefficient (Wildman–Crippen LogP) is 3.02. The molecule has 0 saturated carbocycles. The van der Waals surface area contributed by atoms with Gasteiger partial charge in [0.15, 0.2) is 11.3 Å². The number of esters is 1. The molecule has 2 aromatic rings. The molecule has 5 heteroatoms. The highest BCUT2D eigenvalue weighted by Crippen LogP contribution is 2.29. The van der Waals surface area contributed by atoms with Gasteiger partial charge >= 0.3 is 5.97 Å². The number of carbonyl (C=O) groups is 1. The van der Waals surface area contributed by atoms with E-state index in [-0.39, 0.29) is 5.97 Å². The minimum atomic E-state index is -0.364. The zero-order valence-corrected chi connectivity index (χ0v) is 11.7. The Morgan fingerprint density at radius 2 is 2.15 bits per heavy atom. The van der Waals surface area contributed by atoms with Crippen molar-refractivity contribution < 1.29 is 23.4 Å². The zero-order valence-electron chi connectivity index (χ0n) is 11.7. The Kier molecular flexibility index (Phi) is 5.01. The van der Waals surface area contributed by atoms with Crippen LogP contribution in [0.2, 0.25) is 0 Å². The molecule has 0 aliphatic heterocycles. The highest BCUT2D eigenvalue weighted by Gasteiger charge is 2.14. The first kappa shape index (κ1) is 14.4. The third-order valence-corrected chi connectivity index (χ3v) is 2.78. The quantitative estimate of drug-likeness (QED) is 0.575. The van der Waals surface area contributed by atoms with Gasteiger partial charge in [-0.05, 0) is 25.1 Å². The van der Waals surface area contributed by atoms with E-state index in [9.17, 15) is 4.79 Å². The van der Waals surface area contributed by atoms with E-state index in [1.807, 2.05) is 0 Å². The third kappa shape index (κ3) is 3.30. The second kappa shape index (κ2) is 6.96. The molecule has 108 valence electrons. The number of carbonyl (C=O) groups excluding carboxylic acids is 1. The van der Waals surface area contributed by atoms with E-state index in [1.165, 1.54) is 0 Å². The summed E-state index contributed by atoms with van der Waals surface area (Å²) in [6.45, 7) is 3.23. The van der Waals surface area contributed by atoms with Crippen LogP contribution in [0, 0.1) is 0 Å². The van der Waals surface area contributed by atoms with Crippen LogP contribution in [-0.4, -0.2) is 32.9 Å². The summed E-state index contributed by atoms with van der Waals surface area (Å²) in [4.78, 5) is 11.8. The van der Waals surface area contributed by atoms with Crippen molar-refractivity contribution >= 4 is 16.9 Å². The molecule has 1 heterocycles. The molecule has 0 saturated heterocycles. The molecule has 2 rings (SSSR count). The Morgan fingerprint density at radius 1 is 1.30 bits per heavy atom. The molecule has 0 aliphatic carbocycles. The maximum absolute atomic E-state index is 11.8. The van der Waals surface area contributed by atoms with E-state index >= 15 is 0 Å². The SMILES string of the molecule is CCOC(=O)c1cc(OCCCOC)c2occc2c1. The Hall–Kier alpha value is -2.01. The molecule has 0 fully saturated rings. The number of ether oxygens (including phenoxy) is 3. The van der Waals surface area contributed by atoms with Crippen LogP contribution in [0.1, 0.15) is 23.7 Å². The maximum atomic E-state index is 11.8. The maximum Gasteiger partial charge on any atom is 0.338 e. The molecule has 1 aromatic heterocycles. The number of hydrogen-bond acceptors (Lipinski definition) is 5. The average molecular weight is 278 g/mol. The van der Waals surface area contributed by atoms with Gasteiger partial charge in [-0.3, -0.25) is 0 Å².